The molecule has 30 heavy (non-hydrogen) atoms. The second-order valence-corrected chi connectivity index (χ2v) is 9.33. The highest BCUT2D eigenvalue weighted by molar-refractivity contribution is 6.01. The first-order chi connectivity index (χ1) is 14.4. The van der Waals surface area contributed by atoms with Crippen molar-refractivity contribution in [3.63, 3.8) is 0 Å². The molecule has 8 nitrogen and oxygen atoms in total. The third-order valence-electron chi connectivity index (χ3n) is 7.10. The van der Waals surface area contributed by atoms with Crippen molar-refractivity contribution in [1.82, 2.24) is 25.3 Å². The lowest BCUT2D eigenvalue weighted by Crippen LogP contribution is -2.63. The fourth-order valence-corrected chi connectivity index (χ4v) is 4.93. The molecule has 2 heterocycles. The highest BCUT2D eigenvalue weighted by atomic mass is 16.2. The predicted octanol–water partition coefficient (Wildman–Crippen LogP) is 2.24. The van der Waals surface area contributed by atoms with Gasteiger partial charge in [0.15, 0.2) is 5.69 Å². The molecule has 1 aliphatic heterocycles. The van der Waals surface area contributed by atoms with E-state index in [1.54, 1.807) is 20.0 Å². The van der Waals surface area contributed by atoms with Crippen molar-refractivity contribution >= 4 is 17.7 Å². The van der Waals surface area contributed by atoms with Gasteiger partial charge in [-0.2, -0.15) is 5.10 Å². The zero-order valence-electron chi connectivity index (χ0n) is 18.1. The summed E-state index contributed by atoms with van der Waals surface area (Å²) in [6, 6.07) is 1.90. The number of nitrogens with zero attached hydrogens (tertiary/aromatic N) is 3. The van der Waals surface area contributed by atoms with Crippen LogP contribution in [0.5, 0.6) is 0 Å². The molecule has 3 amide bonds. The van der Waals surface area contributed by atoms with Gasteiger partial charge in [-0.1, -0.05) is 38.5 Å². The monoisotopic (exact) mass is 415 g/mol. The summed E-state index contributed by atoms with van der Waals surface area (Å²) in [7, 11) is 1.65. The second kappa shape index (κ2) is 8.40. The average molecular weight is 416 g/mol. The zero-order valence-corrected chi connectivity index (χ0v) is 18.1. The predicted molar refractivity (Wildman–Crippen MR) is 112 cm³/mol. The molecule has 0 bridgehead atoms. The molecule has 3 aliphatic rings. The van der Waals surface area contributed by atoms with Crippen LogP contribution in [0.25, 0.3) is 0 Å². The first-order valence-electron chi connectivity index (χ1n) is 11.4. The van der Waals surface area contributed by atoms with Crippen molar-refractivity contribution in [2.24, 2.45) is 0 Å². The van der Waals surface area contributed by atoms with Gasteiger partial charge in [-0.15, -0.1) is 0 Å². The van der Waals surface area contributed by atoms with Gasteiger partial charge in [0.05, 0.1) is 6.54 Å². The number of nitrogens with one attached hydrogen (secondary N) is 2. The summed E-state index contributed by atoms with van der Waals surface area (Å²) in [5, 5.41) is 10.6. The average Bonchev–Trinajstić information content (AvgIpc) is 3.31. The third-order valence-corrected chi connectivity index (χ3v) is 7.10. The van der Waals surface area contributed by atoms with Crippen LogP contribution in [-0.2, 0) is 11.3 Å². The van der Waals surface area contributed by atoms with Crippen LogP contribution in [0.1, 0.15) is 92.1 Å². The Balaban J connectivity index is 1.49. The number of likely N-dealkylation sites (N-methyl/N-ethyl adjacent to an activating group) is 1. The van der Waals surface area contributed by atoms with Crippen LogP contribution in [-0.4, -0.2) is 57.1 Å². The highest BCUT2D eigenvalue weighted by Gasteiger charge is 2.47. The Labute approximate surface area is 177 Å². The molecule has 8 heteroatoms. The molecule has 0 radical (unpaired) electrons. The van der Waals surface area contributed by atoms with Gasteiger partial charge in [-0.25, -0.2) is 0 Å². The molecule has 2 N–H and O–H groups in total. The number of fused-ring (bicyclic) bond motifs is 1. The van der Waals surface area contributed by atoms with E-state index in [1.807, 2.05) is 0 Å². The summed E-state index contributed by atoms with van der Waals surface area (Å²) in [5.74, 6) is -0.682. The van der Waals surface area contributed by atoms with E-state index in [0.717, 1.165) is 51.4 Å². The van der Waals surface area contributed by atoms with Crippen molar-refractivity contribution in [3.05, 3.63) is 17.5 Å². The van der Waals surface area contributed by atoms with Gasteiger partial charge in [-0.3, -0.25) is 19.1 Å². The first kappa shape index (κ1) is 20.9. The number of hydrogen-bond acceptors (Lipinski definition) is 4. The lowest BCUT2D eigenvalue weighted by molar-refractivity contribution is -0.133. The van der Waals surface area contributed by atoms with Crippen LogP contribution in [0.15, 0.2) is 6.07 Å². The number of hydrogen-bond donors (Lipinski definition) is 2. The lowest BCUT2D eigenvalue weighted by Gasteiger charge is -2.41. The molecular formula is C22H33N5O3. The van der Waals surface area contributed by atoms with Gasteiger partial charge in [0.2, 0.25) is 5.91 Å². The number of rotatable bonds is 4. The quantitative estimate of drug-likeness (QED) is 0.737. The van der Waals surface area contributed by atoms with E-state index in [1.165, 1.54) is 22.4 Å². The van der Waals surface area contributed by atoms with Crippen LogP contribution in [0.4, 0.5) is 0 Å². The summed E-state index contributed by atoms with van der Waals surface area (Å²) in [5.41, 5.74) is -0.431. The van der Waals surface area contributed by atoms with Gasteiger partial charge in [0, 0.05) is 25.2 Å². The van der Waals surface area contributed by atoms with Crippen molar-refractivity contribution in [2.75, 3.05) is 7.05 Å². The van der Waals surface area contributed by atoms with Crippen molar-refractivity contribution in [2.45, 2.75) is 95.3 Å². The van der Waals surface area contributed by atoms with Gasteiger partial charge in [0.25, 0.3) is 11.8 Å². The summed E-state index contributed by atoms with van der Waals surface area (Å²) >= 11 is 0. The lowest BCUT2D eigenvalue weighted by atomic mass is 9.95. The van der Waals surface area contributed by atoms with Gasteiger partial charge in [-0.05, 0) is 32.6 Å². The van der Waals surface area contributed by atoms with E-state index >= 15 is 0 Å². The Kier molecular flexibility index (Phi) is 5.84. The Hall–Kier alpha value is -2.38. The smallest absolute Gasteiger partial charge is 0.272 e. The minimum absolute atomic E-state index is 0.157. The zero-order chi connectivity index (χ0) is 21.3. The molecule has 4 rings (SSSR count). The molecule has 0 aromatic carbocycles. The van der Waals surface area contributed by atoms with E-state index in [4.69, 9.17) is 0 Å². The number of aromatic nitrogens is 2. The van der Waals surface area contributed by atoms with Crippen LogP contribution in [0.2, 0.25) is 0 Å². The Morgan fingerprint density at radius 2 is 1.57 bits per heavy atom. The van der Waals surface area contributed by atoms with Crippen LogP contribution >= 0.6 is 0 Å². The Bertz CT molecular complexity index is 821. The molecular weight excluding hydrogens is 382 g/mol. The van der Waals surface area contributed by atoms with Crippen molar-refractivity contribution in [3.8, 4) is 0 Å². The second-order valence-electron chi connectivity index (χ2n) is 9.33. The molecule has 164 valence electrons. The van der Waals surface area contributed by atoms with E-state index in [-0.39, 0.29) is 42.0 Å². The van der Waals surface area contributed by atoms with E-state index in [0.29, 0.717) is 5.69 Å². The number of amides is 3. The number of carbonyl (C=O) groups excluding carboxylic acids is 3. The molecule has 0 saturated heterocycles. The van der Waals surface area contributed by atoms with Crippen LogP contribution < -0.4 is 10.6 Å². The van der Waals surface area contributed by atoms with E-state index < -0.39 is 5.54 Å². The molecule has 0 spiro atoms. The van der Waals surface area contributed by atoms with Gasteiger partial charge in [0.1, 0.15) is 11.2 Å². The fraction of sp³-hybridized carbons (Fsp3) is 0.727. The summed E-state index contributed by atoms with van der Waals surface area (Å²) in [4.78, 5) is 40.3. The van der Waals surface area contributed by atoms with Gasteiger partial charge >= 0.3 is 0 Å². The summed E-state index contributed by atoms with van der Waals surface area (Å²) in [6.45, 7) is 2.00. The highest BCUT2D eigenvalue weighted by Crippen LogP contribution is 2.27. The molecule has 2 aliphatic carbocycles. The van der Waals surface area contributed by atoms with Crippen molar-refractivity contribution < 1.29 is 14.4 Å². The maximum Gasteiger partial charge on any atom is 0.272 e. The minimum Gasteiger partial charge on any atom is -0.351 e. The Morgan fingerprint density at radius 3 is 2.20 bits per heavy atom. The standard InChI is InChI=1S/C22H33N5O3/c1-22(21(30)24-16-11-7-8-12-16)14-27-18(20(29)26(22)2)13-17(25-27)19(28)23-15-9-5-3-4-6-10-15/h13,15-16H,3-12,14H2,1-2H3,(H,23,28)(H,24,30). The first-order valence-corrected chi connectivity index (χ1v) is 11.4. The minimum atomic E-state index is -1.03. The summed E-state index contributed by atoms with van der Waals surface area (Å²) in [6.07, 6.45) is 10.9. The molecule has 1 atom stereocenters. The SMILES string of the molecule is CN1C(=O)c2cc(C(=O)NC3CCCCCC3)nn2CC1(C)C(=O)NC1CCCC1. The van der Waals surface area contributed by atoms with Crippen molar-refractivity contribution in [1.29, 1.82) is 0 Å². The van der Waals surface area contributed by atoms with E-state index in [2.05, 4.69) is 15.7 Å². The molecule has 1 unspecified atom stereocenters. The van der Waals surface area contributed by atoms with E-state index in [9.17, 15) is 14.4 Å². The molecule has 2 fully saturated rings. The number of carbonyl (C=O) groups is 3. The fourth-order valence-electron chi connectivity index (χ4n) is 4.93. The van der Waals surface area contributed by atoms with Crippen LogP contribution in [0, 0.1) is 0 Å². The maximum absolute atomic E-state index is 13.1. The molecule has 2 saturated carbocycles. The van der Waals surface area contributed by atoms with Gasteiger partial charge < -0.3 is 15.5 Å². The normalized spacial score (nSPS) is 25.7. The third kappa shape index (κ3) is 3.96. The Morgan fingerprint density at radius 1 is 1.00 bits per heavy atom. The van der Waals surface area contributed by atoms with Crippen LogP contribution in [0.3, 0.4) is 0 Å². The largest absolute Gasteiger partial charge is 0.351 e. The maximum atomic E-state index is 13.1. The molecule has 1 aromatic heterocycles. The topological polar surface area (TPSA) is 96.3 Å². The molecule has 1 aromatic rings. The summed E-state index contributed by atoms with van der Waals surface area (Å²) < 4.78 is 1.53.